The summed E-state index contributed by atoms with van der Waals surface area (Å²) in [6, 6.07) is 10.6. The summed E-state index contributed by atoms with van der Waals surface area (Å²) in [5.74, 6) is -3.30. The van der Waals surface area contributed by atoms with Crippen molar-refractivity contribution in [1.29, 1.82) is 0 Å². The van der Waals surface area contributed by atoms with Crippen molar-refractivity contribution >= 4 is 30.0 Å². The number of carbonyl (C=O) groups is 4. The van der Waals surface area contributed by atoms with Crippen molar-refractivity contribution in [2.45, 2.75) is 89.0 Å². The Kier molecular flexibility index (Phi) is 8.24. The number of hydrogen-bond acceptors (Lipinski definition) is 11. The highest BCUT2D eigenvalue weighted by molar-refractivity contribution is 5.89. The van der Waals surface area contributed by atoms with Gasteiger partial charge < -0.3 is 33.2 Å². The molecule has 11 heteroatoms. The van der Waals surface area contributed by atoms with Gasteiger partial charge in [-0.1, -0.05) is 30.3 Å². The van der Waals surface area contributed by atoms with E-state index in [0.717, 1.165) is 5.56 Å². The molecule has 2 heterocycles. The molecule has 236 valence electrons. The van der Waals surface area contributed by atoms with Crippen LogP contribution in [0.2, 0.25) is 0 Å². The summed E-state index contributed by atoms with van der Waals surface area (Å²) in [5, 5.41) is 12.3. The van der Waals surface area contributed by atoms with Gasteiger partial charge in [-0.15, -0.1) is 0 Å². The number of hydrogen-bond donors (Lipinski definition) is 1. The minimum atomic E-state index is -1.85. The maximum atomic E-state index is 13.4. The Balaban J connectivity index is 1.67. The molecule has 7 atom stereocenters. The predicted octanol–water partition coefficient (Wildman–Crippen LogP) is 4.02. The molecule has 2 bridgehead atoms. The van der Waals surface area contributed by atoms with Gasteiger partial charge >= 0.3 is 23.9 Å². The van der Waals surface area contributed by atoms with Crippen molar-refractivity contribution < 1.29 is 52.4 Å². The van der Waals surface area contributed by atoms with Crippen LogP contribution in [0.3, 0.4) is 0 Å². The van der Waals surface area contributed by atoms with Crippen LogP contribution in [0.1, 0.15) is 69.8 Å². The van der Waals surface area contributed by atoms with Crippen LogP contribution in [0, 0.1) is 11.3 Å². The minimum absolute atomic E-state index is 0.0733. The molecule has 1 spiro atoms. The Morgan fingerprint density at radius 2 is 1.70 bits per heavy atom. The molecule has 0 radical (unpaired) electrons. The summed E-state index contributed by atoms with van der Waals surface area (Å²) in [6.45, 7) is 7.15. The summed E-state index contributed by atoms with van der Waals surface area (Å²) in [6.07, 6.45) is 2.46. The van der Waals surface area contributed by atoms with Gasteiger partial charge in [0.1, 0.15) is 36.6 Å². The zero-order valence-electron chi connectivity index (χ0n) is 25.4. The monoisotopic (exact) mass is 610 g/mol. The van der Waals surface area contributed by atoms with Gasteiger partial charge in [-0.3, -0.25) is 9.59 Å². The third-order valence-corrected chi connectivity index (χ3v) is 9.37. The van der Waals surface area contributed by atoms with Crippen molar-refractivity contribution in [3.63, 3.8) is 0 Å². The number of esters is 4. The second-order valence-corrected chi connectivity index (χ2v) is 12.5. The molecule has 2 saturated carbocycles. The van der Waals surface area contributed by atoms with Gasteiger partial charge in [0.25, 0.3) is 0 Å². The number of ether oxygens (including phenoxy) is 5. The van der Waals surface area contributed by atoms with E-state index in [-0.39, 0.29) is 24.8 Å². The van der Waals surface area contributed by atoms with E-state index in [4.69, 9.17) is 28.1 Å². The molecule has 0 unspecified atom stereocenters. The molecule has 0 amide bonds. The van der Waals surface area contributed by atoms with Gasteiger partial charge in [-0.2, -0.15) is 0 Å². The Labute approximate surface area is 255 Å². The highest BCUT2D eigenvalue weighted by atomic mass is 16.6. The average molecular weight is 611 g/mol. The minimum Gasteiger partial charge on any atom is -0.472 e. The fraction of sp³-hybridized carbons (Fsp3) is 0.515. The van der Waals surface area contributed by atoms with Crippen LogP contribution in [0.5, 0.6) is 0 Å². The van der Waals surface area contributed by atoms with Crippen LogP contribution in [-0.2, 0) is 38.1 Å². The molecule has 1 aliphatic heterocycles. The Morgan fingerprint density at radius 3 is 2.34 bits per heavy atom. The standard InChI is InChI=1S/C33H38O11/c1-20(34)40-19-32-25(41-21(2)35)13-15-31(5,38)33(32)28(43-29(37)23-14-16-39-18-23)24(30(3,4)44-33)17-26(32)42-27(36)12-11-22-9-7-6-8-10-22/h6-12,14,16,18,24-26,28,38H,13,15,17,19H2,1-5H3/b12-11+/t24-,25+,26+,28-,31+,32+,33+/m0/s1. The number of fused-ring (bicyclic) bond motifs is 1. The molecular weight excluding hydrogens is 572 g/mol. The quantitative estimate of drug-likeness (QED) is 0.262. The van der Waals surface area contributed by atoms with E-state index in [1.54, 1.807) is 26.8 Å². The Bertz CT molecular complexity index is 1430. The lowest BCUT2D eigenvalue weighted by Crippen LogP contribution is -2.81. The van der Waals surface area contributed by atoms with Gasteiger partial charge in [-0.25, -0.2) is 9.59 Å². The fourth-order valence-corrected chi connectivity index (χ4v) is 7.53. The van der Waals surface area contributed by atoms with E-state index in [0.29, 0.717) is 0 Å². The van der Waals surface area contributed by atoms with Gasteiger partial charge in [0.15, 0.2) is 5.60 Å². The van der Waals surface area contributed by atoms with Crippen molar-refractivity contribution in [3.05, 3.63) is 66.1 Å². The number of carbonyl (C=O) groups excluding carboxylic acids is 4. The van der Waals surface area contributed by atoms with E-state index < -0.39 is 76.9 Å². The number of benzene rings is 1. The first kappa shape index (κ1) is 31.5. The van der Waals surface area contributed by atoms with Crippen molar-refractivity contribution in [3.8, 4) is 0 Å². The lowest BCUT2D eigenvalue weighted by Gasteiger charge is -2.64. The van der Waals surface area contributed by atoms with Gasteiger partial charge in [0.05, 0.1) is 23.0 Å². The summed E-state index contributed by atoms with van der Waals surface area (Å²) in [4.78, 5) is 51.7. The zero-order chi connectivity index (χ0) is 31.9. The first-order valence-corrected chi connectivity index (χ1v) is 14.6. The van der Waals surface area contributed by atoms with Gasteiger partial charge in [-0.05, 0) is 57.7 Å². The summed E-state index contributed by atoms with van der Waals surface area (Å²) >= 11 is 0. The zero-order valence-corrected chi connectivity index (χ0v) is 25.4. The SMILES string of the molecule is CC(=O)OC[C@]12[C@H](OC(C)=O)CC[C@@](C)(O)[C@@]13OC(C)(C)[C@@H](C[C@H]2OC(=O)/C=C/c1ccccc1)[C@@H]3OC(=O)c1ccoc1. The van der Waals surface area contributed by atoms with Gasteiger partial charge in [0.2, 0.25) is 0 Å². The summed E-state index contributed by atoms with van der Waals surface area (Å²) in [7, 11) is 0. The first-order chi connectivity index (χ1) is 20.7. The lowest BCUT2D eigenvalue weighted by atomic mass is 9.47. The van der Waals surface area contributed by atoms with Crippen molar-refractivity contribution in [2.24, 2.45) is 11.3 Å². The summed E-state index contributed by atoms with van der Waals surface area (Å²) < 4.78 is 35.8. The fourth-order valence-electron chi connectivity index (χ4n) is 7.53. The van der Waals surface area contributed by atoms with E-state index in [1.165, 1.54) is 38.5 Å². The van der Waals surface area contributed by atoms with Crippen LogP contribution in [0.15, 0.2) is 59.4 Å². The molecule has 2 aliphatic carbocycles. The highest BCUT2D eigenvalue weighted by Crippen LogP contribution is 2.69. The third-order valence-electron chi connectivity index (χ3n) is 9.37. The molecule has 5 rings (SSSR count). The highest BCUT2D eigenvalue weighted by Gasteiger charge is 2.84. The topological polar surface area (TPSA) is 148 Å². The van der Waals surface area contributed by atoms with E-state index in [9.17, 15) is 24.3 Å². The van der Waals surface area contributed by atoms with E-state index >= 15 is 0 Å². The third kappa shape index (κ3) is 5.21. The second kappa shape index (κ2) is 11.5. The van der Waals surface area contributed by atoms with Crippen LogP contribution in [0.25, 0.3) is 6.08 Å². The molecule has 1 saturated heterocycles. The van der Waals surface area contributed by atoms with Crippen LogP contribution < -0.4 is 0 Å². The second-order valence-electron chi connectivity index (χ2n) is 12.5. The van der Waals surface area contributed by atoms with Crippen LogP contribution >= 0.6 is 0 Å². The molecule has 11 nitrogen and oxygen atoms in total. The Morgan fingerprint density at radius 1 is 0.977 bits per heavy atom. The molecule has 1 N–H and O–H groups in total. The van der Waals surface area contributed by atoms with Crippen LogP contribution in [-0.4, -0.2) is 70.7 Å². The normalized spacial score (nSPS) is 33.7. The smallest absolute Gasteiger partial charge is 0.341 e. The van der Waals surface area contributed by atoms with Crippen LogP contribution in [0.4, 0.5) is 0 Å². The lowest BCUT2D eigenvalue weighted by molar-refractivity contribution is -0.340. The predicted molar refractivity (Wildman–Crippen MR) is 154 cm³/mol. The number of rotatable bonds is 8. The molecule has 3 fully saturated rings. The first-order valence-electron chi connectivity index (χ1n) is 14.6. The molecule has 3 aliphatic rings. The van der Waals surface area contributed by atoms with E-state index in [2.05, 4.69) is 0 Å². The van der Waals surface area contributed by atoms with Gasteiger partial charge in [0, 0.05) is 25.8 Å². The Hall–Kier alpha value is -3.96. The molecule has 1 aromatic carbocycles. The molecule has 1 aromatic heterocycles. The summed E-state index contributed by atoms with van der Waals surface area (Å²) in [5.41, 5.74) is -5.39. The average Bonchev–Trinajstić information content (AvgIpc) is 3.55. The molecular formula is C33H38O11. The number of aliphatic hydroxyl groups is 1. The van der Waals surface area contributed by atoms with Crippen molar-refractivity contribution in [1.82, 2.24) is 0 Å². The largest absolute Gasteiger partial charge is 0.472 e. The number of furan rings is 1. The van der Waals surface area contributed by atoms with Crippen molar-refractivity contribution in [2.75, 3.05) is 6.61 Å². The molecule has 44 heavy (non-hydrogen) atoms. The van der Waals surface area contributed by atoms with E-state index in [1.807, 2.05) is 30.3 Å². The maximum absolute atomic E-state index is 13.4. The molecule has 2 aromatic rings. The maximum Gasteiger partial charge on any atom is 0.341 e.